The minimum Gasteiger partial charge on any atom is -0.493 e. The molecule has 4 aromatic carbocycles. The first kappa shape index (κ1) is 35.1. The summed E-state index contributed by atoms with van der Waals surface area (Å²) in [5.74, 6) is -6.39. The first-order valence-electron chi connectivity index (χ1n) is 13.9. The predicted octanol–water partition coefficient (Wildman–Crippen LogP) is 1.76. The molecule has 0 saturated carbocycles. The number of nitrogens with zero attached hydrogens (tertiary/aromatic N) is 3. The molecular formula is C29H31N3O13S2. The monoisotopic (exact) mass is 693 g/mol. The second kappa shape index (κ2) is 13.1. The fourth-order valence-corrected chi connectivity index (χ4v) is 8.52. The summed E-state index contributed by atoms with van der Waals surface area (Å²) in [6.45, 7) is -2.97. The van der Waals surface area contributed by atoms with Gasteiger partial charge in [-0.3, -0.25) is 19.2 Å². The molecular weight excluding hydrogens is 662 g/mol. The van der Waals surface area contributed by atoms with Crippen molar-refractivity contribution in [1.82, 2.24) is 8.61 Å². The molecule has 0 heterocycles. The molecule has 0 atom stereocenters. The Hall–Kier alpha value is -4.78. The van der Waals surface area contributed by atoms with E-state index in [4.69, 9.17) is 4.74 Å². The van der Waals surface area contributed by atoms with Crippen LogP contribution in [-0.4, -0.2) is 117 Å². The lowest BCUT2D eigenvalue weighted by Crippen LogP contribution is -2.40. The fraction of sp³-hybridized carbons (Fsp3) is 0.310. The van der Waals surface area contributed by atoms with Crippen LogP contribution >= 0.6 is 0 Å². The Bertz CT molecular complexity index is 2010. The summed E-state index contributed by atoms with van der Waals surface area (Å²) in [6.07, 6.45) is 0.635. The fourth-order valence-electron chi connectivity index (χ4n) is 5.34. The quantitative estimate of drug-likeness (QED) is 0.122. The molecule has 0 aliphatic rings. The molecule has 0 fully saturated rings. The zero-order chi connectivity index (χ0) is 35.0. The standard InChI is InChI=1S/C29H31N3O13S2/c1-4-9-45-21-10-20(30(2)3)16-5-7-18-22(46(41,42)31(12-24(33)34)13-25(35)36)11-23(19-8-6-17(21)28(16)29(18)19)47(43,44)32(14-26(37)38)15-27(39)40/h5-8,10-11H,4,9,12-15H2,1-3H3,(H,33,34)(H,35,36)(H,37,38)(H,39,40). The lowest BCUT2D eigenvalue weighted by molar-refractivity contribution is -0.141. The molecule has 18 heteroatoms. The third kappa shape index (κ3) is 6.71. The highest BCUT2D eigenvalue weighted by molar-refractivity contribution is 7.90. The minimum absolute atomic E-state index is 0.0425. The second-order valence-electron chi connectivity index (χ2n) is 10.7. The van der Waals surface area contributed by atoms with Crippen LogP contribution < -0.4 is 9.64 Å². The van der Waals surface area contributed by atoms with Crippen LogP contribution in [0.4, 0.5) is 5.69 Å². The molecule has 0 spiro atoms. The number of hydrogen-bond donors (Lipinski definition) is 4. The average Bonchev–Trinajstić information content (AvgIpc) is 2.96. The van der Waals surface area contributed by atoms with Crippen molar-refractivity contribution in [3.8, 4) is 5.75 Å². The Morgan fingerprint density at radius 2 is 1.02 bits per heavy atom. The second-order valence-corrected chi connectivity index (χ2v) is 14.5. The molecule has 0 bridgehead atoms. The zero-order valence-electron chi connectivity index (χ0n) is 25.3. The summed E-state index contributed by atoms with van der Waals surface area (Å²) in [4.78, 5) is 46.6. The third-order valence-corrected chi connectivity index (χ3v) is 10.9. The van der Waals surface area contributed by atoms with Crippen molar-refractivity contribution in [3.05, 3.63) is 36.4 Å². The van der Waals surface area contributed by atoms with Gasteiger partial charge in [-0.15, -0.1) is 0 Å². The van der Waals surface area contributed by atoms with Gasteiger partial charge >= 0.3 is 23.9 Å². The van der Waals surface area contributed by atoms with E-state index in [0.717, 1.165) is 0 Å². The number of hydrogen-bond acceptors (Lipinski definition) is 10. The average molecular weight is 694 g/mol. The van der Waals surface area contributed by atoms with Gasteiger partial charge in [-0.25, -0.2) is 16.8 Å². The van der Waals surface area contributed by atoms with Gasteiger partial charge in [-0.05, 0) is 18.6 Å². The van der Waals surface area contributed by atoms with E-state index in [0.29, 0.717) is 46.7 Å². The van der Waals surface area contributed by atoms with Gasteiger partial charge in [-0.2, -0.15) is 8.61 Å². The molecule has 0 aliphatic carbocycles. The number of ether oxygens (including phenoxy) is 1. The zero-order valence-corrected chi connectivity index (χ0v) is 27.0. The lowest BCUT2D eigenvalue weighted by atomic mass is 9.92. The van der Waals surface area contributed by atoms with E-state index in [-0.39, 0.29) is 24.8 Å². The van der Waals surface area contributed by atoms with Crippen molar-refractivity contribution in [3.63, 3.8) is 0 Å². The van der Waals surface area contributed by atoms with Gasteiger partial charge in [0, 0.05) is 58.2 Å². The molecule has 0 aliphatic heterocycles. The molecule has 0 amide bonds. The number of anilines is 1. The number of carboxylic acids is 4. The SMILES string of the molecule is CCCOc1cc(N(C)C)c2ccc3c(S(=O)(=O)N(CC(=O)O)CC(=O)O)cc(S(=O)(=O)N(CC(=O)O)CC(=O)O)c4ccc1c2c43. The molecule has 4 N–H and O–H groups in total. The smallest absolute Gasteiger partial charge is 0.318 e. The van der Waals surface area contributed by atoms with Crippen LogP contribution in [0.1, 0.15) is 13.3 Å². The Kier molecular flexibility index (Phi) is 9.81. The van der Waals surface area contributed by atoms with E-state index in [1.807, 2.05) is 6.92 Å². The number of carboxylic acid groups (broad SMARTS) is 4. The minimum atomic E-state index is -5.11. The van der Waals surface area contributed by atoms with E-state index >= 15 is 0 Å². The molecule has 4 aromatic rings. The van der Waals surface area contributed by atoms with Crippen molar-refractivity contribution < 1.29 is 61.2 Å². The van der Waals surface area contributed by atoms with E-state index in [9.17, 15) is 56.4 Å². The molecule has 0 unspecified atom stereocenters. The van der Waals surface area contributed by atoms with Gasteiger partial charge in [0.15, 0.2) is 0 Å². The Labute approximate surface area is 268 Å². The van der Waals surface area contributed by atoms with Gasteiger partial charge in [0.1, 0.15) is 31.9 Å². The van der Waals surface area contributed by atoms with Gasteiger partial charge in [0.05, 0.1) is 16.4 Å². The van der Waals surface area contributed by atoms with Crippen LogP contribution in [0.5, 0.6) is 5.75 Å². The largest absolute Gasteiger partial charge is 0.493 e. The third-order valence-electron chi connectivity index (χ3n) is 7.19. The summed E-state index contributed by atoms with van der Waals surface area (Å²) in [7, 11) is -6.73. The van der Waals surface area contributed by atoms with Crippen molar-refractivity contribution in [2.24, 2.45) is 0 Å². The molecule has 47 heavy (non-hydrogen) atoms. The maximum atomic E-state index is 14.1. The first-order valence-corrected chi connectivity index (χ1v) is 16.8. The van der Waals surface area contributed by atoms with Gasteiger partial charge in [0.25, 0.3) is 0 Å². The Morgan fingerprint density at radius 1 is 0.638 bits per heavy atom. The lowest BCUT2D eigenvalue weighted by Gasteiger charge is -2.26. The van der Waals surface area contributed by atoms with Crippen LogP contribution in [-0.2, 0) is 39.2 Å². The van der Waals surface area contributed by atoms with Crippen molar-refractivity contribution in [2.45, 2.75) is 23.1 Å². The maximum absolute atomic E-state index is 14.1. The molecule has 0 radical (unpaired) electrons. The number of sulfonamides is 2. The van der Waals surface area contributed by atoms with Gasteiger partial charge in [-0.1, -0.05) is 25.1 Å². The molecule has 16 nitrogen and oxygen atoms in total. The molecule has 4 rings (SSSR count). The normalized spacial score (nSPS) is 12.4. The van der Waals surface area contributed by atoms with Crippen LogP contribution in [0.15, 0.2) is 46.2 Å². The summed E-state index contributed by atoms with van der Waals surface area (Å²) in [5, 5.41) is 38.9. The number of rotatable bonds is 16. The van der Waals surface area contributed by atoms with E-state index in [1.54, 1.807) is 37.2 Å². The van der Waals surface area contributed by atoms with Gasteiger partial charge in [0.2, 0.25) is 20.0 Å². The summed E-state index contributed by atoms with van der Waals surface area (Å²) in [5.41, 5.74) is 0.604. The van der Waals surface area contributed by atoms with Crippen LogP contribution in [0, 0.1) is 0 Å². The van der Waals surface area contributed by atoms with Crippen molar-refractivity contribution in [2.75, 3.05) is 51.8 Å². The molecule has 0 aromatic heterocycles. The van der Waals surface area contributed by atoms with Crippen LogP contribution in [0.3, 0.4) is 0 Å². The molecule has 252 valence electrons. The van der Waals surface area contributed by atoms with Gasteiger partial charge < -0.3 is 30.1 Å². The first-order chi connectivity index (χ1) is 21.9. The number of carbonyl (C=O) groups is 4. The topological polar surface area (TPSA) is 236 Å². The number of aliphatic carboxylic acids is 4. The van der Waals surface area contributed by atoms with Crippen LogP contribution in [0.2, 0.25) is 0 Å². The summed E-state index contributed by atoms with van der Waals surface area (Å²) in [6, 6.07) is 8.28. The van der Waals surface area contributed by atoms with Crippen LogP contribution in [0.25, 0.3) is 32.3 Å². The van der Waals surface area contributed by atoms with Crippen molar-refractivity contribution in [1.29, 1.82) is 0 Å². The Balaban J connectivity index is 2.27. The summed E-state index contributed by atoms with van der Waals surface area (Å²) < 4.78 is 62.7. The number of benzene rings is 4. The van der Waals surface area contributed by atoms with E-state index < -0.39 is 79.9 Å². The Morgan fingerprint density at radius 3 is 1.40 bits per heavy atom. The summed E-state index contributed by atoms with van der Waals surface area (Å²) >= 11 is 0. The highest BCUT2D eigenvalue weighted by atomic mass is 32.2. The molecule has 0 saturated heterocycles. The maximum Gasteiger partial charge on any atom is 0.318 e. The van der Waals surface area contributed by atoms with Crippen molar-refractivity contribution >= 4 is 81.9 Å². The highest BCUT2D eigenvalue weighted by Crippen LogP contribution is 2.46. The highest BCUT2D eigenvalue weighted by Gasteiger charge is 2.36. The van der Waals surface area contributed by atoms with E-state index in [1.165, 1.54) is 12.1 Å². The predicted molar refractivity (Wildman–Crippen MR) is 168 cm³/mol. The van der Waals surface area contributed by atoms with E-state index in [2.05, 4.69) is 0 Å².